The molecule has 0 aliphatic carbocycles. The van der Waals surface area contributed by atoms with Crippen LogP contribution in [0.5, 0.6) is 0 Å². The van der Waals surface area contributed by atoms with Gasteiger partial charge in [-0.25, -0.2) is 4.68 Å². The van der Waals surface area contributed by atoms with E-state index in [-0.39, 0.29) is 23.5 Å². The normalized spacial score (nSPS) is 11.4. The van der Waals surface area contributed by atoms with Crippen LogP contribution in [0, 0.1) is 10.1 Å². The molecule has 0 spiro atoms. The molecule has 0 aliphatic heterocycles. The van der Waals surface area contributed by atoms with Crippen LogP contribution in [0.3, 0.4) is 0 Å². The Labute approximate surface area is 168 Å². The van der Waals surface area contributed by atoms with Gasteiger partial charge in [0.2, 0.25) is 0 Å². The molecule has 0 saturated heterocycles. The third-order valence-electron chi connectivity index (χ3n) is 4.41. The molecule has 1 aromatic heterocycles. The van der Waals surface area contributed by atoms with Gasteiger partial charge in [0.15, 0.2) is 5.69 Å². The Bertz CT molecular complexity index is 1060. The summed E-state index contributed by atoms with van der Waals surface area (Å²) in [5.74, 6) is -0.890. The van der Waals surface area contributed by atoms with E-state index < -0.39 is 22.8 Å². The molecule has 0 saturated carbocycles. The van der Waals surface area contributed by atoms with Crippen LogP contribution in [0.1, 0.15) is 24.1 Å². The number of carbonyl (C=O) groups is 1. The summed E-state index contributed by atoms with van der Waals surface area (Å²) in [6, 6.07) is 12.7. The van der Waals surface area contributed by atoms with Crippen LogP contribution in [-0.2, 0) is 17.4 Å². The molecule has 156 valence electrons. The highest BCUT2D eigenvalue weighted by Gasteiger charge is 2.35. The summed E-state index contributed by atoms with van der Waals surface area (Å²) in [6.07, 6.45) is -3.64. The molecule has 0 radical (unpaired) electrons. The minimum absolute atomic E-state index is 0.0314. The Morgan fingerprint density at radius 1 is 1.10 bits per heavy atom. The van der Waals surface area contributed by atoms with Crippen molar-refractivity contribution in [1.82, 2.24) is 9.78 Å². The molecule has 1 heterocycles. The quantitative estimate of drug-likeness (QED) is 0.435. The second-order valence-corrected chi connectivity index (χ2v) is 6.54. The van der Waals surface area contributed by atoms with Gasteiger partial charge in [-0.05, 0) is 36.6 Å². The van der Waals surface area contributed by atoms with Gasteiger partial charge in [0, 0.05) is 24.1 Å². The lowest BCUT2D eigenvalue weighted by Crippen LogP contribution is -2.07. The Balaban J connectivity index is 1.96. The number of halogens is 3. The Morgan fingerprint density at radius 2 is 1.73 bits per heavy atom. The van der Waals surface area contributed by atoms with Crippen molar-refractivity contribution in [3.05, 3.63) is 76.0 Å². The van der Waals surface area contributed by atoms with Gasteiger partial charge < -0.3 is 5.11 Å². The number of carboxylic acids is 1. The molecule has 0 aliphatic rings. The summed E-state index contributed by atoms with van der Waals surface area (Å²) >= 11 is 0. The monoisotopic (exact) mass is 419 g/mol. The second-order valence-electron chi connectivity index (χ2n) is 6.54. The zero-order valence-corrected chi connectivity index (χ0v) is 15.5. The Kier molecular flexibility index (Phi) is 5.86. The van der Waals surface area contributed by atoms with E-state index >= 15 is 0 Å². The number of rotatable bonds is 7. The van der Waals surface area contributed by atoms with Crippen molar-refractivity contribution in [3.8, 4) is 16.9 Å². The van der Waals surface area contributed by atoms with Crippen molar-refractivity contribution < 1.29 is 28.0 Å². The van der Waals surface area contributed by atoms with Crippen LogP contribution in [0.25, 0.3) is 16.9 Å². The van der Waals surface area contributed by atoms with Crippen LogP contribution in [0.2, 0.25) is 0 Å². The molecule has 1 N–H and O–H groups in total. The van der Waals surface area contributed by atoms with Crippen molar-refractivity contribution in [2.24, 2.45) is 0 Å². The molecule has 0 bridgehead atoms. The Morgan fingerprint density at radius 3 is 2.27 bits per heavy atom. The number of aromatic nitrogens is 2. The lowest BCUT2D eigenvalue weighted by atomic mass is 10.0. The number of aliphatic carboxylic acids is 1. The van der Waals surface area contributed by atoms with E-state index in [1.165, 1.54) is 24.3 Å². The fourth-order valence-corrected chi connectivity index (χ4v) is 2.92. The van der Waals surface area contributed by atoms with Gasteiger partial charge in [0.25, 0.3) is 5.69 Å². The predicted molar refractivity (Wildman–Crippen MR) is 101 cm³/mol. The van der Waals surface area contributed by atoms with Crippen LogP contribution in [0.4, 0.5) is 18.9 Å². The largest absolute Gasteiger partial charge is 0.481 e. The van der Waals surface area contributed by atoms with Gasteiger partial charge in [-0.15, -0.1) is 0 Å². The minimum atomic E-state index is -4.66. The third kappa shape index (κ3) is 4.83. The fraction of sp³-hybridized carbons (Fsp3) is 0.200. The third-order valence-corrected chi connectivity index (χ3v) is 4.41. The first-order valence-corrected chi connectivity index (χ1v) is 8.88. The predicted octanol–water partition coefficient (Wildman–Crippen LogP) is 4.87. The summed E-state index contributed by atoms with van der Waals surface area (Å²) in [5.41, 5.74) is 0.483. The van der Waals surface area contributed by atoms with E-state index in [2.05, 4.69) is 5.10 Å². The number of alkyl halides is 3. The van der Waals surface area contributed by atoms with Crippen molar-refractivity contribution in [3.63, 3.8) is 0 Å². The van der Waals surface area contributed by atoms with Crippen LogP contribution >= 0.6 is 0 Å². The van der Waals surface area contributed by atoms with E-state index in [0.29, 0.717) is 18.4 Å². The molecule has 0 atom stereocenters. The van der Waals surface area contributed by atoms with Crippen molar-refractivity contribution >= 4 is 11.7 Å². The molecular weight excluding hydrogens is 403 g/mol. The standard InChI is InChI=1S/C20H16F3N3O4/c21-20(22,23)18-12-17(14-6-4-13(5-7-14)2-1-3-19(27)28)25(24-18)15-8-10-16(11-9-15)26(29)30/h4-12H,1-3H2,(H,27,28). The maximum absolute atomic E-state index is 13.2. The van der Waals surface area contributed by atoms with E-state index in [4.69, 9.17) is 5.11 Å². The summed E-state index contributed by atoms with van der Waals surface area (Å²) in [5, 5.41) is 23.2. The van der Waals surface area contributed by atoms with Gasteiger partial charge in [-0.2, -0.15) is 18.3 Å². The lowest BCUT2D eigenvalue weighted by molar-refractivity contribution is -0.384. The molecule has 30 heavy (non-hydrogen) atoms. The first-order chi connectivity index (χ1) is 14.1. The van der Waals surface area contributed by atoms with E-state index in [0.717, 1.165) is 16.3 Å². The number of non-ortho nitro benzene ring substituents is 1. The average molecular weight is 419 g/mol. The Hall–Kier alpha value is -3.69. The molecule has 3 aromatic rings. The molecule has 10 heteroatoms. The summed E-state index contributed by atoms with van der Waals surface area (Å²) < 4.78 is 40.8. The topological polar surface area (TPSA) is 98.3 Å². The zero-order valence-electron chi connectivity index (χ0n) is 15.5. The van der Waals surface area contributed by atoms with Gasteiger partial charge in [-0.3, -0.25) is 14.9 Å². The van der Waals surface area contributed by atoms with Gasteiger partial charge in [0.1, 0.15) is 0 Å². The molecular formula is C20H16F3N3O4. The smallest absolute Gasteiger partial charge is 0.435 e. The average Bonchev–Trinajstić information content (AvgIpc) is 3.14. The number of nitro benzene ring substituents is 1. The number of benzene rings is 2. The fourth-order valence-electron chi connectivity index (χ4n) is 2.92. The lowest BCUT2D eigenvalue weighted by Gasteiger charge is -2.08. The molecule has 0 fully saturated rings. The summed E-state index contributed by atoms with van der Waals surface area (Å²) in [4.78, 5) is 20.8. The van der Waals surface area contributed by atoms with Crippen LogP contribution in [0.15, 0.2) is 54.6 Å². The molecule has 0 unspecified atom stereocenters. The van der Waals surface area contributed by atoms with Crippen molar-refractivity contribution in [1.29, 1.82) is 0 Å². The maximum Gasteiger partial charge on any atom is 0.435 e. The van der Waals surface area contributed by atoms with Gasteiger partial charge in [-0.1, -0.05) is 24.3 Å². The second kappa shape index (κ2) is 8.36. The highest BCUT2D eigenvalue weighted by atomic mass is 19.4. The van der Waals surface area contributed by atoms with E-state index in [1.54, 1.807) is 24.3 Å². The van der Waals surface area contributed by atoms with Crippen LogP contribution < -0.4 is 0 Å². The number of hydrogen-bond acceptors (Lipinski definition) is 4. The molecule has 2 aromatic carbocycles. The number of carboxylic acid groups (broad SMARTS) is 1. The molecule has 7 nitrogen and oxygen atoms in total. The maximum atomic E-state index is 13.2. The van der Waals surface area contributed by atoms with E-state index in [9.17, 15) is 28.1 Å². The highest BCUT2D eigenvalue weighted by molar-refractivity contribution is 5.66. The first-order valence-electron chi connectivity index (χ1n) is 8.88. The number of aryl methyl sites for hydroxylation is 1. The first kappa shape index (κ1) is 21.0. The minimum Gasteiger partial charge on any atom is -0.481 e. The summed E-state index contributed by atoms with van der Waals surface area (Å²) in [6.45, 7) is 0. The molecule has 0 amide bonds. The number of nitro groups is 1. The molecule has 3 rings (SSSR count). The van der Waals surface area contributed by atoms with Gasteiger partial charge >= 0.3 is 12.1 Å². The van der Waals surface area contributed by atoms with Crippen molar-refractivity contribution in [2.45, 2.75) is 25.4 Å². The summed E-state index contributed by atoms with van der Waals surface area (Å²) in [7, 11) is 0. The SMILES string of the molecule is O=C(O)CCCc1ccc(-c2cc(C(F)(F)F)nn2-c2ccc([N+](=O)[O-])cc2)cc1. The van der Waals surface area contributed by atoms with Crippen LogP contribution in [-0.4, -0.2) is 25.8 Å². The number of nitrogens with zero attached hydrogens (tertiary/aromatic N) is 3. The van der Waals surface area contributed by atoms with Gasteiger partial charge in [0.05, 0.1) is 16.3 Å². The van der Waals surface area contributed by atoms with Crippen molar-refractivity contribution in [2.75, 3.05) is 0 Å². The highest BCUT2D eigenvalue weighted by Crippen LogP contribution is 2.33. The zero-order chi connectivity index (χ0) is 21.9. The number of hydrogen-bond donors (Lipinski definition) is 1. The van der Waals surface area contributed by atoms with E-state index in [1.807, 2.05) is 0 Å².